The van der Waals surface area contributed by atoms with Crippen LogP contribution < -0.4 is 0 Å². The van der Waals surface area contributed by atoms with Crippen LogP contribution in [0.15, 0.2) is 23.3 Å². The van der Waals surface area contributed by atoms with E-state index in [9.17, 15) is 0 Å². The van der Waals surface area contributed by atoms with Gasteiger partial charge in [0.2, 0.25) is 0 Å². The summed E-state index contributed by atoms with van der Waals surface area (Å²) in [5, 5.41) is 7.64. The molecule has 1 heteroatoms. The Hall–Kier alpha value is -0.850. The Morgan fingerprint density at radius 3 is 2.05 bits per heavy atom. The molecule has 0 heterocycles. The zero-order valence-electron chi connectivity index (χ0n) is 15.8. The van der Waals surface area contributed by atoms with Crippen molar-refractivity contribution in [1.82, 2.24) is 0 Å². The maximum Gasteiger partial charge on any atom is 0.0285 e. The van der Waals surface area contributed by atoms with Crippen molar-refractivity contribution >= 4 is 5.71 Å². The maximum atomic E-state index is 7.64. The van der Waals surface area contributed by atoms with Crippen LogP contribution in [0.25, 0.3) is 0 Å². The highest BCUT2D eigenvalue weighted by molar-refractivity contribution is 5.91. The Morgan fingerprint density at radius 1 is 1.00 bits per heavy atom. The fourth-order valence-electron chi connectivity index (χ4n) is 3.26. The zero-order chi connectivity index (χ0) is 16.8. The topological polar surface area (TPSA) is 23.9 Å². The van der Waals surface area contributed by atoms with Gasteiger partial charge in [0.05, 0.1) is 0 Å². The summed E-state index contributed by atoms with van der Waals surface area (Å²) in [4.78, 5) is 0. The van der Waals surface area contributed by atoms with E-state index in [0.29, 0.717) is 5.71 Å². The third kappa shape index (κ3) is 7.11. The Labute approximate surface area is 134 Å². The first-order chi connectivity index (χ1) is 10.2. The smallest absolute Gasteiger partial charge is 0.0285 e. The highest BCUT2D eigenvalue weighted by Gasteiger charge is 2.34. The van der Waals surface area contributed by atoms with Gasteiger partial charge in [0.25, 0.3) is 0 Å². The van der Waals surface area contributed by atoms with Crippen molar-refractivity contribution in [2.45, 2.75) is 87.5 Å². The van der Waals surface area contributed by atoms with Gasteiger partial charge in [-0.15, -0.1) is 0 Å². The monoisotopic (exact) mass is 293 g/mol. The summed E-state index contributed by atoms with van der Waals surface area (Å²) < 4.78 is 0. The van der Waals surface area contributed by atoms with E-state index in [1.807, 2.05) is 48.5 Å². The second kappa shape index (κ2) is 14.1. The predicted molar refractivity (Wildman–Crippen MR) is 99.3 cm³/mol. The fraction of sp³-hybridized carbons (Fsp3) is 0.750. The molecule has 2 unspecified atom stereocenters. The van der Waals surface area contributed by atoms with Gasteiger partial charge in [0, 0.05) is 5.71 Å². The van der Waals surface area contributed by atoms with Gasteiger partial charge >= 0.3 is 0 Å². The average Bonchev–Trinajstić information content (AvgIpc) is 3.02. The van der Waals surface area contributed by atoms with Crippen LogP contribution in [0.2, 0.25) is 0 Å². The normalized spacial score (nSPS) is 26.5. The SMILES string of the molecule is C/C=C1/CCC2CCCC2/C1=C/C(C)=N.CC.CC.CC. The van der Waals surface area contributed by atoms with Gasteiger partial charge in [0.1, 0.15) is 0 Å². The molecule has 0 saturated heterocycles. The Morgan fingerprint density at radius 2 is 1.57 bits per heavy atom. The van der Waals surface area contributed by atoms with Crippen LogP contribution in [-0.4, -0.2) is 5.71 Å². The van der Waals surface area contributed by atoms with Crippen molar-refractivity contribution in [3.8, 4) is 0 Å². The quantitative estimate of drug-likeness (QED) is 0.495. The second-order valence-electron chi connectivity index (χ2n) is 4.93. The molecular formula is C20H39N. The van der Waals surface area contributed by atoms with Crippen molar-refractivity contribution in [1.29, 1.82) is 5.41 Å². The van der Waals surface area contributed by atoms with Gasteiger partial charge in [-0.05, 0) is 68.6 Å². The molecule has 2 fully saturated rings. The third-order valence-corrected chi connectivity index (χ3v) is 3.93. The predicted octanol–water partition coefficient (Wildman–Crippen LogP) is 7.19. The summed E-state index contributed by atoms with van der Waals surface area (Å²) in [6.45, 7) is 16.0. The molecule has 2 aliphatic rings. The van der Waals surface area contributed by atoms with Gasteiger partial charge in [0.15, 0.2) is 0 Å². The van der Waals surface area contributed by atoms with Crippen LogP contribution in [0.4, 0.5) is 0 Å². The zero-order valence-corrected chi connectivity index (χ0v) is 15.8. The van der Waals surface area contributed by atoms with E-state index in [2.05, 4.69) is 19.1 Å². The summed E-state index contributed by atoms with van der Waals surface area (Å²) in [6.07, 6.45) is 11.1. The lowest BCUT2D eigenvalue weighted by Gasteiger charge is -2.30. The van der Waals surface area contributed by atoms with Crippen molar-refractivity contribution < 1.29 is 0 Å². The lowest BCUT2D eigenvalue weighted by atomic mass is 9.74. The maximum absolute atomic E-state index is 7.64. The van der Waals surface area contributed by atoms with Crippen LogP contribution in [0.3, 0.4) is 0 Å². The number of fused-ring (bicyclic) bond motifs is 1. The average molecular weight is 294 g/mol. The first kappa shape index (κ1) is 22.4. The summed E-state index contributed by atoms with van der Waals surface area (Å²) in [7, 11) is 0. The minimum absolute atomic E-state index is 0.705. The fourth-order valence-corrected chi connectivity index (χ4v) is 3.26. The number of hydrogen-bond acceptors (Lipinski definition) is 1. The molecule has 0 aromatic heterocycles. The molecule has 0 radical (unpaired) electrons. The van der Waals surface area contributed by atoms with Crippen LogP contribution in [0, 0.1) is 17.2 Å². The summed E-state index contributed by atoms with van der Waals surface area (Å²) in [5.74, 6) is 1.68. The van der Waals surface area contributed by atoms with E-state index in [-0.39, 0.29) is 0 Å². The molecular weight excluding hydrogens is 254 g/mol. The lowest BCUT2D eigenvalue weighted by Crippen LogP contribution is -2.19. The highest BCUT2D eigenvalue weighted by atomic mass is 14.4. The van der Waals surface area contributed by atoms with Crippen molar-refractivity contribution in [3.05, 3.63) is 23.3 Å². The Kier molecular flexibility index (Phi) is 15.1. The van der Waals surface area contributed by atoms with E-state index in [0.717, 1.165) is 11.8 Å². The van der Waals surface area contributed by atoms with Crippen molar-refractivity contribution in [3.63, 3.8) is 0 Å². The van der Waals surface area contributed by atoms with Crippen LogP contribution in [-0.2, 0) is 0 Å². The van der Waals surface area contributed by atoms with Crippen molar-refractivity contribution in [2.24, 2.45) is 11.8 Å². The first-order valence-corrected chi connectivity index (χ1v) is 9.14. The molecule has 124 valence electrons. The number of hydrogen-bond donors (Lipinski definition) is 1. The molecule has 0 aromatic carbocycles. The molecule has 2 aliphatic carbocycles. The van der Waals surface area contributed by atoms with Gasteiger partial charge < -0.3 is 5.41 Å². The second-order valence-corrected chi connectivity index (χ2v) is 4.93. The summed E-state index contributed by atoms with van der Waals surface area (Å²) in [6, 6.07) is 0. The van der Waals surface area contributed by atoms with Gasteiger partial charge in [-0.3, -0.25) is 0 Å². The summed E-state index contributed by atoms with van der Waals surface area (Å²) >= 11 is 0. The van der Waals surface area contributed by atoms with E-state index in [1.165, 1.54) is 43.3 Å². The number of nitrogens with one attached hydrogen (secondary N) is 1. The molecule has 2 rings (SSSR count). The molecule has 2 saturated carbocycles. The Bertz CT molecular complexity index is 323. The molecule has 1 N–H and O–H groups in total. The summed E-state index contributed by atoms with van der Waals surface area (Å²) in [5.41, 5.74) is 3.69. The first-order valence-electron chi connectivity index (χ1n) is 9.14. The molecule has 0 aliphatic heterocycles. The molecule has 0 amide bonds. The van der Waals surface area contributed by atoms with Crippen LogP contribution in [0.5, 0.6) is 0 Å². The minimum atomic E-state index is 0.705. The van der Waals surface area contributed by atoms with Crippen molar-refractivity contribution in [2.75, 3.05) is 0 Å². The standard InChI is InChI=1S/C14H21N.3C2H6/c1-3-11-7-8-12-5-4-6-13(12)14(11)9-10(2)15;3*1-2/h3,9,12-13,15H,4-8H2,1-2H3;3*1-2H3/b11-3-,14-9+,15-10?;;;. The lowest BCUT2D eigenvalue weighted by molar-refractivity contribution is 0.384. The minimum Gasteiger partial charge on any atom is -0.306 e. The van der Waals surface area contributed by atoms with Gasteiger partial charge in [-0.1, -0.05) is 54.0 Å². The largest absolute Gasteiger partial charge is 0.306 e. The molecule has 1 nitrogen and oxygen atoms in total. The highest BCUT2D eigenvalue weighted by Crippen LogP contribution is 2.47. The van der Waals surface area contributed by atoms with Gasteiger partial charge in [-0.2, -0.15) is 0 Å². The number of rotatable bonds is 1. The molecule has 21 heavy (non-hydrogen) atoms. The number of allylic oxidation sites excluding steroid dienone is 4. The van der Waals surface area contributed by atoms with Gasteiger partial charge in [-0.25, -0.2) is 0 Å². The molecule has 0 bridgehead atoms. The van der Waals surface area contributed by atoms with Crippen LogP contribution in [0.1, 0.15) is 87.5 Å². The van der Waals surface area contributed by atoms with E-state index < -0.39 is 0 Å². The molecule has 0 aromatic rings. The third-order valence-electron chi connectivity index (χ3n) is 3.93. The van der Waals surface area contributed by atoms with Crippen LogP contribution >= 0.6 is 0 Å². The molecule has 0 spiro atoms. The van der Waals surface area contributed by atoms with E-state index >= 15 is 0 Å². The Balaban J connectivity index is 0. The van der Waals surface area contributed by atoms with E-state index in [4.69, 9.17) is 5.41 Å². The van der Waals surface area contributed by atoms with E-state index in [1.54, 1.807) is 0 Å². The molecule has 2 atom stereocenters.